The molecule has 22 heavy (non-hydrogen) atoms. The molecule has 2 aliphatic heterocycles. The molecule has 2 rings (SSSR count). The molecule has 0 aromatic carbocycles. The van der Waals surface area contributed by atoms with Gasteiger partial charge in [0, 0.05) is 24.3 Å². The van der Waals surface area contributed by atoms with Gasteiger partial charge in [-0.25, -0.2) is 14.6 Å². The summed E-state index contributed by atoms with van der Waals surface area (Å²) >= 11 is 0. The summed E-state index contributed by atoms with van der Waals surface area (Å²) in [5.74, 6) is -4.13. The Morgan fingerprint density at radius 1 is 0.955 bits per heavy atom. The van der Waals surface area contributed by atoms with E-state index >= 15 is 0 Å². The van der Waals surface area contributed by atoms with Crippen LogP contribution in [0.5, 0.6) is 0 Å². The lowest BCUT2D eigenvalue weighted by Gasteiger charge is -2.30. The Morgan fingerprint density at radius 2 is 1.36 bits per heavy atom. The lowest BCUT2D eigenvalue weighted by molar-refractivity contribution is -0.170. The maximum atomic E-state index is 12.2. The number of hydrogen-bond acceptors (Lipinski definition) is 6. The van der Waals surface area contributed by atoms with Crippen molar-refractivity contribution in [3.8, 4) is 0 Å². The zero-order valence-corrected chi connectivity index (χ0v) is 11.9. The molecule has 4 amide bonds. The summed E-state index contributed by atoms with van der Waals surface area (Å²) in [5.41, 5.74) is 0. The van der Waals surface area contributed by atoms with Gasteiger partial charge >= 0.3 is 5.97 Å². The number of amides is 4. The number of carbonyl (C=O) groups is 5. The van der Waals surface area contributed by atoms with Crippen LogP contribution in [-0.2, 0) is 28.7 Å². The van der Waals surface area contributed by atoms with Crippen LogP contribution in [0.15, 0.2) is 24.3 Å². The SMILES string of the molecule is CCCCOC(=O)C(N1C(=O)C=CC1=O)N1C(=O)C=CC1=O. The van der Waals surface area contributed by atoms with Crippen molar-refractivity contribution in [2.45, 2.75) is 25.9 Å². The fourth-order valence-electron chi connectivity index (χ4n) is 2.02. The Hall–Kier alpha value is -2.77. The van der Waals surface area contributed by atoms with E-state index in [-0.39, 0.29) is 6.61 Å². The van der Waals surface area contributed by atoms with Crippen molar-refractivity contribution in [3.63, 3.8) is 0 Å². The Bertz CT molecular complexity index is 528. The van der Waals surface area contributed by atoms with Crippen LogP contribution in [-0.4, -0.2) is 52.2 Å². The second-order valence-corrected chi connectivity index (χ2v) is 4.65. The van der Waals surface area contributed by atoms with E-state index < -0.39 is 35.8 Å². The molecule has 0 saturated heterocycles. The van der Waals surface area contributed by atoms with Gasteiger partial charge in [-0.1, -0.05) is 13.3 Å². The molecule has 0 unspecified atom stereocenters. The van der Waals surface area contributed by atoms with Crippen molar-refractivity contribution in [2.75, 3.05) is 6.61 Å². The van der Waals surface area contributed by atoms with Crippen molar-refractivity contribution >= 4 is 29.6 Å². The number of esters is 1. The summed E-state index contributed by atoms with van der Waals surface area (Å²) < 4.78 is 4.98. The highest BCUT2D eigenvalue weighted by Gasteiger charge is 2.46. The first-order valence-electron chi connectivity index (χ1n) is 6.74. The number of imide groups is 2. The quantitative estimate of drug-likeness (QED) is 0.373. The van der Waals surface area contributed by atoms with Crippen molar-refractivity contribution in [2.24, 2.45) is 0 Å². The summed E-state index contributed by atoms with van der Waals surface area (Å²) in [7, 11) is 0. The van der Waals surface area contributed by atoms with E-state index in [0.717, 1.165) is 30.7 Å². The molecule has 8 heteroatoms. The number of unbranched alkanes of at least 4 members (excludes halogenated alkanes) is 1. The molecule has 0 aromatic heterocycles. The number of hydrogen-bond donors (Lipinski definition) is 0. The van der Waals surface area contributed by atoms with E-state index in [2.05, 4.69) is 0 Å². The molecule has 2 heterocycles. The predicted molar refractivity (Wildman–Crippen MR) is 71.6 cm³/mol. The molecule has 0 radical (unpaired) electrons. The van der Waals surface area contributed by atoms with E-state index in [4.69, 9.17) is 4.74 Å². The van der Waals surface area contributed by atoms with E-state index in [0.29, 0.717) is 16.2 Å². The monoisotopic (exact) mass is 306 g/mol. The third-order valence-corrected chi connectivity index (χ3v) is 3.13. The Morgan fingerprint density at radius 3 is 1.73 bits per heavy atom. The maximum Gasteiger partial charge on any atom is 0.351 e. The lowest BCUT2D eigenvalue weighted by atomic mass is 10.3. The molecule has 0 atom stereocenters. The van der Waals surface area contributed by atoms with Crippen LogP contribution in [0.3, 0.4) is 0 Å². The molecule has 2 aliphatic rings. The smallest absolute Gasteiger partial charge is 0.351 e. The molecular weight excluding hydrogens is 292 g/mol. The van der Waals surface area contributed by atoms with E-state index in [9.17, 15) is 24.0 Å². The minimum atomic E-state index is -1.72. The van der Waals surface area contributed by atoms with E-state index in [1.807, 2.05) is 6.92 Å². The highest BCUT2D eigenvalue weighted by atomic mass is 16.5. The van der Waals surface area contributed by atoms with Crippen molar-refractivity contribution in [3.05, 3.63) is 24.3 Å². The van der Waals surface area contributed by atoms with Gasteiger partial charge in [0.05, 0.1) is 6.61 Å². The van der Waals surface area contributed by atoms with Crippen molar-refractivity contribution < 1.29 is 28.7 Å². The Kier molecular flexibility index (Phi) is 4.50. The highest BCUT2D eigenvalue weighted by molar-refractivity contribution is 6.19. The van der Waals surface area contributed by atoms with Gasteiger partial charge in [0.2, 0.25) is 6.17 Å². The summed E-state index contributed by atoms with van der Waals surface area (Å²) in [6.07, 6.45) is 3.49. The summed E-state index contributed by atoms with van der Waals surface area (Å²) in [4.78, 5) is 60.4. The zero-order valence-electron chi connectivity index (χ0n) is 11.9. The zero-order chi connectivity index (χ0) is 16.3. The number of rotatable bonds is 6. The van der Waals surface area contributed by atoms with Gasteiger partial charge in [0.15, 0.2) is 0 Å². The minimum absolute atomic E-state index is 0.0686. The molecule has 8 nitrogen and oxygen atoms in total. The minimum Gasteiger partial charge on any atom is -0.463 e. The maximum absolute atomic E-state index is 12.2. The third-order valence-electron chi connectivity index (χ3n) is 3.13. The topological polar surface area (TPSA) is 101 Å². The van der Waals surface area contributed by atoms with Crippen LogP contribution in [0, 0.1) is 0 Å². The van der Waals surface area contributed by atoms with Crippen molar-refractivity contribution in [1.29, 1.82) is 0 Å². The van der Waals surface area contributed by atoms with Gasteiger partial charge in [-0.15, -0.1) is 0 Å². The second-order valence-electron chi connectivity index (χ2n) is 4.65. The molecule has 0 N–H and O–H groups in total. The third kappa shape index (κ3) is 2.80. The molecular formula is C14H14N2O6. The van der Waals surface area contributed by atoms with Crippen LogP contribution < -0.4 is 0 Å². The number of ether oxygens (including phenoxy) is 1. The van der Waals surface area contributed by atoms with Gasteiger partial charge in [-0.2, -0.15) is 0 Å². The molecule has 0 saturated carbocycles. The van der Waals surface area contributed by atoms with Gasteiger partial charge < -0.3 is 4.74 Å². The van der Waals surface area contributed by atoms with Crippen LogP contribution in [0.1, 0.15) is 19.8 Å². The number of carbonyl (C=O) groups excluding carboxylic acids is 5. The van der Waals surface area contributed by atoms with Gasteiger partial charge in [-0.3, -0.25) is 19.2 Å². The average Bonchev–Trinajstić information content (AvgIpc) is 2.97. The van der Waals surface area contributed by atoms with Crippen molar-refractivity contribution in [1.82, 2.24) is 9.80 Å². The number of nitrogens with zero attached hydrogens (tertiary/aromatic N) is 2. The average molecular weight is 306 g/mol. The van der Waals surface area contributed by atoms with Crippen LogP contribution in [0.2, 0.25) is 0 Å². The fourth-order valence-corrected chi connectivity index (χ4v) is 2.02. The van der Waals surface area contributed by atoms with Crippen LogP contribution in [0.4, 0.5) is 0 Å². The largest absolute Gasteiger partial charge is 0.463 e. The fraction of sp³-hybridized carbons (Fsp3) is 0.357. The van der Waals surface area contributed by atoms with Crippen LogP contribution in [0.25, 0.3) is 0 Å². The molecule has 116 valence electrons. The summed E-state index contributed by atoms with van der Waals surface area (Å²) in [6.45, 7) is 1.96. The first-order chi connectivity index (χ1) is 10.5. The predicted octanol–water partition coefficient (Wildman–Crippen LogP) is -0.494. The van der Waals surface area contributed by atoms with Gasteiger partial charge in [0.25, 0.3) is 23.6 Å². The first kappa shape index (κ1) is 15.6. The first-order valence-corrected chi connectivity index (χ1v) is 6.74. The molecule has 0 bridgehead atoms. The summed E-state index contributed by atoms with van der Waals surface area (Å²) in [5, 5.41) is 0. The standard InChI is InChI=1S/C14H14N2O6/c1-2-3-8-22-14(21)13(15-9(17)4-5-10(15)18)16-11(19)6-7-12(16)20/h4-7,13H,2-3,8H2,1H3. The van der Waals surface area contributed by atoms with Gasteiger partial charge in [-0.05, 0) is 6.42 Å². The van der Waals surface area contributed by atoms with E-state index in [1.54, 1.807) is 0 Å². The molecule has 0 spiro atoms. The lowest BCUT2D eigenvalue weighted by Crippen LogP contribution is -2.58. The molecule has 0 aliphatic carbocycles. The Labute approximate surface area is 126 Å². The molecule has 0 aromatic rings. The second kappa shape index (κ2) is 6.33. The van der Waals surface area contributed by atoms with Gasteiger partial charge in [0.1, 0.15) is 0 Å². The van der Waals surface area contributed by atoms with Crippen LogP contribution >= 0.6 is 0 Å². The van der Waals surface area contributed by atoms with E-state index in [1.165, 1.54) is 0 Å². The molecule has 0 fully saturated rings. The highest BCUT2D eigenvalue weighted by Crippen LogP contribution is 2.19. The summed E-state index contributed by atoms with van der Waals surface area (Å²) in [6, 6.07) is 0. The normalized spacial score (nSPS) is 17.4. The Balaban J connectivity index is 2.27.